The third kappa shape index (κ3) is 2.20. The fourth-order valence-corrected chi connectivity index (χ4v) is 2.98. The molecule has 3 rings (SSSR count). The van der Waals surface area contributed by atoms with E-state index >= 15 is 0 Å². The van der Waals surface area contributed by atoms with Crippen LogP contribution in [-0.4, -0.2) is 23.6 Å². The van der Waals surface area contributed by atoms with Gasteiger partial charge < -0.3 is 15.7 Å². The van der Waals surface area contributed by atoms with Crippen LogP contribution in [0, 0.1) is 0 Å². The fraction of sp³-hybridized carbons (Fsp3) is 0.500. The zero-order valence-electron chi connectivity index (χ0n) is 10.3. The van der Waals surface area contributed by atoms with E-state index in [2.05, 4.69) is 10.6 Å². The molecule has 0 spiro atoms. The summed E-state index contributed by atoms with van der Waals surface area (Å²) in [7, 11) is 0. The molecule has 1 saturated heterocycles. The molecule has 1 heterocycles. The Morgan fingerprint density at radius 3 is 3.06 bits per heavy atom. The average Bonchev–Trinajstić information content (AvgIpc) is 2.75. The van der Waals surface area contributed by atoms with Crippen molar-refractivity contribution in [3.63, 3.8) is 0 Å². The van der Waals surface area contributed by atoms with Gasteiger partial charge in [-0.15, -0.1) is 0 Å². The molecule has 96 valence electrons. The largest absolute Gasteiger partial charge is 0.508 e. The van der Waals surface area contributed by atoms with Gasteiger partial charge in [-0.3, -0.25) is 4.79 Å². The van der Waals surface area contributed by atoms with Gasteiger partial charge >= 0.3 is 0 Å². The van der Waals surface area contributed by atoms with Crippen LogP contribution in [0.1, 0.15) is 36.4 Å². The van der Waals surface area contributed by atoms with Crippen LogP contribution in [0.3, 0.4) is 0 Å². The zero-order chi connectivity index (χ0) is 12.5. The number of hydrogen-bond donors (Lipinski definition) is 3. The van der Waals surface area contributed by atoms with Crippen molar-refractivity contribution in [3.05, 3.63) is 29.3 Å². The maximum absolute atomic E-state index is 11.2. The topological polar surface area (TPSA) is 61.4 Å². The van der Waals surface area contributed by atoms with E-state index in [4.69, 9.17) is 0 Å². The molecule has 4 heteroatoms. The van der Waals surface area contributed by atoms with E-state index in [1.165, 1.54) is 11.1 Å². The SMILES string of the molecule is O=C1CC(NC2CCCc3cc(O)ccc32)CN1. The predicted octanol–water partition coefficient (Wildman–Crippen LogP) is 1.25. The van der Waals surface area contributed by atoms with Crippen LogP contribution in [0.15, 0.2) is 18.2 Å². The number of nitrogens with one attached hydrogen (secondary N) is 2. The normalized spacial score (nSPS) is 26.8. The first-order valence-corrected chi connectivity index (χ1v) is 6.57. The van der Waals surface area contributed by atoms with E-state index < -0.39 is 0 Å². The molecule has 18 heavy (non-hydrogen) atoms. The number of amides is 1. The van der Waals surface area contributed by atoms with E-state index in [1.54, 1.807) is 6.07 Å². The van der Waals surface area contributed by atoms with Crippen molar-refractivity contribution in [1.29, 1.82) is 0 Å². The van der Waals surface area contributed by atoms with E-state index in [0.29, 0.717) is 18.2 Å². The third-order valence-corrected chi connectivity index (χ3v) is 3.86. The number of phenols is 1. The predicted molar refractivity (Wildman–Crippen MR) is 68.3 cm³/mol. The van der Waals surface area contributed by atoms with Gasteiger partial charge in [0, 0.05) is 25.0 Å². The van der Waals surface area contributed by atoms with Crippen LogP contribution in [0.2, 0.25) is 0 Å². The maximum atomic E-state index is 11.2. The molecule has 0 radical (unpaired) electrons. The van der Waals surface area contributed by atoms with Crippen LogP contribution >= 0.6 is 0 Å². The molecule has 2 unspecified atom stereocenters. The number of benzene rings is 1. The monoisotopic (exact) mass is 246 g/mol. The molecule has 2 aliphatic rings. The Balaban J connectivity index is 1.77. The molecule has 1 aromatic carbocycles. The van der Waals surface area contributed by atoms with Crippen LogP contribution in [-0.2, 0) is 11.2 Å². The lowest BCUT2D eigenvalue weighted by Crippen LogP contribution is -2.36. The van der Waals surface area contributed by atoms with Gasteiger partial charge in [0.15, 0.2) is 0 Å². The molecule has 1 fully saturated rings. The highest BCUT2D eigenvalue weighted by Crippen LogP contribution is 2.32. The van der Waals surface area contributed by atoms with Crippen LogP contribution in [0.4, 0.5) is 0 Å². The van der Waals surface area contributed by atoms with Crippen molar-refractivity contribution in [2.45, 2.75) is 37.8 Å². The molecule has 0 bridgehead atoms. The minimum Gasteiger partial charge on any atom is -0.508 e. The van der Waals surface area contributed by atoms with Crippen molar-refractivity contribution >= 4 is 5.91 Å². The van der Waals surface area contributed by atoms with Gasteiger partial charge in [-0.05, 0) is 42.5 Å². The average molecular weight is 246 g/mol. The number of carbonyl (C=O) groups is 1. The summed E-state index contributed by atoms with van der Waals surface area (Å²) >= 11 is 0. The van der Waals surface area contributed by atoms with Gasteiger partial charge in [0.05, 0.1) is 0 Å². The molecule has 2 atom stereocenters. The van der Waals surface area contributed by atoms with Gasteiger partial charge in [0.25, 0.3) is 0 Å². The molecule has 1 amide bonds. The minimum atomic E-state index is 0.134. The number of aryl methyl sites for hydroxylation is 1. The molecular weight excluding hydrogens is 228 g/mol. The lowest BCUT2D eigenvalue weighted by atomic mass is 9.87. The third-order valence-electron chi connectivity index (χ3n) is 3.86. The van der Waals surface area contributed by atoms with Crippen molar-refractivity contribution < 1.29 is 9.90 Å². The van der Waals surface area contributed by atoms with Crippen molar-refractivity contribution in [3.8, 4) is 5.75 Å². The molecule has 1 aliphatic heterocycles. The number of rotatable bonds is 2. The summed E-state index contributed by atoms with van der Waals surface area (Å²) in [5, 5.41) is 15.9. The van der Waals surface area contributed by atoms with Crippen molar-refractivity contribution in [2.24, 2.45) is 0 Å². The summed E-state index contributed by atoms with van der Waals surface area (Å²) in [6, 6.07) is 6.17. The molecule has 4 nitrogen and oxygen atoms in total. The van der Waals surface area contributed by atoms with Gasteiger partial charge in [-0.2, -0.15) is 0 Å². The minimum absolute atomic E-state index is 0.134. The molecule has 1 aromatic rings. The Kier molecular flexibility index (Phi) is 2.96. The van der Waals surface area contributed by atoms with E-state index in [0.717, 1.165) is 25.8 Å². The van der Waals surface area contributed by atoms with E-state index in [-0.39, 0.29) is 11.9 Å². The first-order chi connectivity index (χ1) is 8.72. The van der Waals surface area contributed by atoms with Gasteiger partial charge in [-0.25, -0.2) is 0 Å². The fourth-order valence-electron chi connectivity index (χ4n) is 2.98. The molecule has 0 saturated carbocycles. The lowest BCUT2D eigenvalue weighted by Gasteiger charge is -2.28. The Morgan fingerprint density at radius 1 is 1.39 bits per heavy atom. The standard InChI is InChI=1S/C14H18N2O2/c17-11-4-5-12-9(6-11)2-1-3-13(12)16-10-7-14(18)15-8-10/h4-6,10,13,16-17H,1-3,7-8H2,(H,15,18). The van der Waals surface area contributed by atoms with Gasteiger partial charge in [0.1, 0.15) is 5.75 Å². The Labute approximate surface area is 106 Å². The first kappa shape index (κ1) is 11.5. The highest BCUT2D eigenvalue weighted by Gasteiger charge is 2.27. The van der Waals surface area contributed by atoms with Gasteiger partial charge in [0.2, 0.25) is 5.91 Å². The number of fused-ring (bicyclic) bond motifs is 1. The second-order valence-electron chi connectivity index (χ2n) is 5.20. The summed E-state index contributed by atoms with van der Waals surface area (Å²) in [5.41, 5.74) is 2.51. The second-order valence-corrected chi connectivity index (χ2v) is 5.20. The molecule has 3 N–H and O–H groups in total. The molecular formula is C14H18N2O2. The summed E-state index contributed by atoms with van der Waals surface area (Å²) in [4.78, 5) is 11.2. The van der Waals surface area contributed by atoms with Crippen LogP contribution in [0.5, 0.6) is 5.75 Å². The Hall–Kier alpha value is -1.55. The molecule has 0 aromatic heterocycles. The highest BCUT2D eigenvalue weighted by molar-refractivity contribution is 5.78. The number of carbonyl (C=O) groups excluding carboxylic acids is 1. The lowest BCUT2D eigenvalue weighted by molar-refractivity contribution is -0.119. The first-order valence-electron chi connectivity index (χ1n) is 6.57. The van der Waals surface area contributed by atoms with Gasteiger partial charge in [-0.1, -0.05) is 6.07 Å². The Morgan fingerprint density at radius 2 is 2.28 bits per heavy atom. The summed E-state index contributed by atoms with van der Waals surface area (Å²) in [5.74, 6) is 0.473. The van der Waals surface area contributed by atoms with E-state index in [1.807, 2.05) is 12.1 Å². The van der Waals surface area contributed by atoms with E-state index in [9.17, 15) is 9.90 Å². The number of phenolic OH excluding ortho intramolecular Hbond substituents is 1. The number of hydrogen-bond acceptors (Lipinski definition) is 3. The Bertz CT molecular complexity index is 473. The van der Waals surface area contributed by atoms with Crippen LogP contribution < -0.4 is 10.6 Å². The van der Waals surface area contributed by atoms with Crippen molar-refractivity contribution in [2.75, 3.05) is 6.54 Å². The van der Waals surface area contributed by atoms with Crippen LogP contribution in [0.25, 0.3) is 0 Å². The zero-order valence-corrected chi connectivity index (χ0v) is 10.3. The smallest absolute Gasteiger partial charge is 0.221 e. The highest BCUT2D eigenvalue weighted by atomic mass is 16.3. The summed E-state index contributed by atoms with van der Waals surface area (Å²) < 4.78 is 0. The summed E-state index contributed by atoms with van der Waals surface area (Å²) in [6.45, 7) is 0.725. The van der Waals surface area contributed by atoms with Crippen molar-refractivity contribution in [1.82, 2.24) is 10.6 Å². The molecule has 1 aliphatic carbocycles. The summed E-state index contributed by atoms with van der Waals surface area (Å²) in [6.07, 6.45) is 3.83. The number of aromatic hydroxyl groups is 1. The quantitative estimate of drug-likeness (QED) is 0.736. The second kappa shape index (κ2) is 4.61. The maximum Gasteiger partial charge on any atom is 0.221 e.